The molecule has 3 fully saturated rings. The highest BCUT2D eigenvalue weighted by atomic mass is 16.7. The SMILES string of the molecule is CC1(C)[C@H]2CC[C@@H](C2)[C@H]1CB1OC(C)(C)C(C)(C)O1. The van der Waals surface area contributed by atoms with E-state index in [0.717, 1.165) is 24.1 Å². The normalized spacial score (nSPS) is 42.0. The van der Waals surface area contributed by atoms with Gasteiger partial charge >= 0.3 is 7.12 Å². The van der Waals surface area contributed by atoms with E-state index >= 15 is 0 Å². The van der Waals surface area contributed by atoms with Gasteiger partial charge in [-0.15, -0.1) is 0 Å². The molecule has 108 valence electrons. The average molecular weight is 264 g/mol. The van der Waals surface area contributed by atoms with Gasteiger partial charge in [0.2, 0.25) is 0 Å². The molecule has 2 aliphatic carbocycles. The molecule has 2 bridgehead atoms. The Balaban J connectivity index is 1.71. The summed E-state index contributed by atoms with van der Waals surface area (Å²) in [5.74, 6) is 2.63. The van der Waals surface area contributed by atoms with Gasteiger partial charge in [0.1, 0.15) is 0 Å². The zero-order valence-electron chi connectivity index (χ0n) is 13.5. The van der Waals surface area contributed by atoms with Gasteiger partial charge in [-0.25, -0.2) is 0 Å². The molecule has 0 N–H and O–H groups in total. The van der Waals surface area contributed by atoms with Crippen molar-refractivity contribution in [1.82, 2.24) is 0 Å². The van der Waals surface area contributed by atoms with Gasteiger partial charge in [-0.1, -0.05) is 13.8 Å². The molecule has 2 saturated carbocycles. The Bertz CT molecular complexity index is 359. The zero-order valence-corrected chi connectivity index (χ0v) is 13.5. The maximum atomic E-state index is 6.20. The lowest BCUT2D eigenvalue weighted by Crippen LogP contribution is -2.41. The Labute approximate surface area is 118 Å². The van der Waals surface area contributed by atoms with Gasteiger partial charge in [-0.3, -0.25) is 0 Å². The summed E-state index contributed by atoms with van der Waals surface area (Å²) in [5.41, 5.74) is 0.116. The van der Waals surface area contributed by atoms with Crippen LogP contribution in [0.5, 0.6) is 0 Å². The molecule has 3 atom stereocenters. The van der Waals surface area contributed by atoms with E-state index in [-0.39, 0.29) is 18.3 Å². The summed E-state index contributed by atoms with van der Waals surface area (Å²) in [4.78, 5) is 0. The van der Waals surface area contributed by atoms with Crippen molar-refractivity contribution in [2.75, 3.05) is 0 Å². The second kappa shape index (κ2) is 4.01. The molecule has 0 aromatic heterocycles. The molecule has 1 aliphatic heterocycles. The van der Waals surface area contributed by atoms with Crippen molar-refractivity contribution in [3.05, 3.63) is 0 Å². The molecule has 1 saturated heterocycles. The second-order valence-corrected chi connectivity index (χ2v) is 8.62. The van der Waals surface area contributed by atoms with Gasteiger partial charge in [-0.2, -0.15) is 0 Å². The molecule has 0 amide bonds. The van der Waals surface area contributed by atoms with Gasteiger partial charge in [0, 0.05) is 0 Å². The van der Waals surface area contributed by atoms with Gasteiger partial charge < -0.3 is 9.31 Å². The third-order valence-corrected chi connectivity index (χ3v) is 6.80. The molecular formula is C16H29BO2. The lowest BCUT2D eigenvalue weighted by atomic mass is 9.61. The molecule has 3 heteroatoms. The van der Waals surface area contributed by atoms with Crippen LogP contribution in [0, 0.1) is 23.2 Å². The first-order chi connectivity index (χ1) is 8.63. The summed E-state index contributed by atoms with van der Waals surface area (Å²) >= 11 is 0. The number of rotatable bonds is 2. The van der Waals surface area contributed by atoms with E-state index in [1.807, 2.05) is 0 Å². The van der Waals surface area contributed by atoms with Crippen LogP contribution in [0.4, 0.5) is 0 Å². The molecule has 3 aliphatic rings. The first-order valence-corrected chi connectivity index (χ1v) is 7.99. The monoisotopic (exact) mass is 264 g/mol. The first kappa shape index (κ1) is 13.9. The molecule has 3 rings (SSSR count). The summed E-state index contributed by atoms with van der Waals surface area (Å²) in [7, 11) is -0.00590. The quantitative estimate of drug-likeness (QED) is 0.697. The van der Waals surface area contributed by atoms with E-state index in [0.29, 0.717) is 5.41 Å². The van der Waals surface area contributed by atoms with E-state index in [1.165, 1.54) is 19.3 Å². The topological polar surface area (TPSA) is 18.5 Å². The summed E-state index contributed by atoms with van der Waals surface area (Å²) in [5, 5.41) is 0. The highest BCUT2D eigenvalue weighted by Crippen LogP contribution is 2.61. The van der Waals surface area contributed by atoms with E-state index in [9.17, 15) is 0 Å². The molecule has 0 aromatic rings. The number of fused-ring (bicyclic) bond motifs is 2. The minimum Gasteiger partial charge on any atom is -0.403 e. The Kier molecular flexibility index (Phi) is 2.94. The van der Waals surface area contributed by atoms with Crippen molar-refractivity contribution in [2.45, 2.75) is 78.3 Å². The van der Waals surface area contributed by atoms with Crippen molar-refractivity contribution in [1.29, 1.82) is 0 Å². The summed E-state index contributed by atoms with van der Waals surface area (Å²) < 4.78 is 12.4. The molecule has 1 heterocycles. The van der Waals surface area contributed by atoms with Crippen LogP contribution in [0.3, 0.4) is 0 Å². The van der Waals surface area contributed by atoms with Gasteiger partial charge in [-0.05, 0) is 76.4 Å². The largest absolute Gasteiger partial charge is 0.458 e. The van der Waals surface area contributed by atoms with Crippen LogP contribution in [0.2, 0.25) is 6.32 Å². The van der Waals surface area contributed by atoms with Crippen molar-refractivity contribution in [2.24, 2.45) is 23.2 Å². The molecule has 0 radical (unpaired) electrons. The molecule has 19 heavy (non-hydrogen) atoms. The third-order valence-electron chi connectivity index (χ3n) is 6.80. The van der Waals surface area contributed by atoms with E-state index < -0.39 is 0 Å². The lowest BCUT2D eigenvalue weighted by Gasteiger charge is -2.38. The fourth-order valence-corrected chi connectivity index (χ4v) is 4.73. The second-order valence-electron chi connectivity index (χ2n) is 8.62. The van der Waals surface area contributed by atoms with Gasteiger partial charge in [0.15, 0.2) is 0 Å². The maximum absolute atomic E-state index is 6.20. The third kappa shape index (κ3) is 2.00. The van der Waals surface area contributed by atoms with Crippen LogP contribution >= 0.6 is 0 Å². The van der Waals surface area contributed by atoms with Crippen LogP contribution in [0.1, 0.15) is 60.8 Å². The molecular weight excluding hydrogens is 235 g/mol. The van der Waals surface area contributed by atoms with E-state index in [1.54, 1.807) is 0 Å². The summed E-state index contributed by atoms with van der Waals surface area (Å²) in [6.07, 6.45) is 5.40. The minimum atomic E-state index is -0.181. The highest BCUT2D eigenvalue weighted by molar-refractivity contribution is 6.45. The van der Waals surface area contributed by atoms with Crippen LogP contribution in [-0.2, 0) is 9.31 Å². The standard InChI is InChI=1S/C16H29BO2/c1-14(2)12-8-7-11(9-12)13(14)10-17-18-15(3,4)16(5,6)19-17/h11-13H,7-10H2,1-6H3/t11-,12-,13+/m0/s1. The predicted molar refractivity (Wildman–Crippen MR) is 79.0 cm³/mol. The van der Waals surface area contributed by atoms with Crippen LogP contribution < -0.4 is 0 Å². The zero-order chi connectivity index (χ0) is 14.1. The molecule has 2 nitrogen and oxygen atoms in total. The first-order valence-electron chi connectivity index (χ1n) is 7.99. The Hall–Kier alpha value is -0.0151. The lowest BCUT2D eigenvalue weighted by molar-refractivity contribution is 0.00578. The molecule has 0 unspecified atom stereocenters. The van der Waals surface area contributed by atoms with Crippen molar-refractivity contribution in [3.63, 3.8) is 0 Å². The van der Waals surface area contributed by atoms with Crippen LogP contribution in [-0.4, -0.2) is 18.3 Å². The summed E-state index contributed by atoms with van der Waals surface area (Å²) in [6, 6.07) is 0. The van der Waals surface area contributed by atoms with Gasteiger partial charge in [0.25, 0.3) is 0 Å². The Morgan fingerprint density at radius 2 is 1.53 bits per heavy atom. The van der Waals surface area contributed by atoms with E-state index in [4.69, 9.17) is 9.31 Å². The van der Waals surface area contributed by atoms with Gasteiger partial charge in [0.05, 0.1) is 11.2 Å². The number of hydrogen-bond donors (Lipinski definition) is 0. The smallest absolute Gasteiger partial charge is 0.403 e. The molecule has 0 aromatic carbocycles. The Morgan fingerprint density at radius 1 is 0.947 bits per heavy atom. The number of hydrogen-bond acceptors (Lipinski definition) is 2. The predicted octanol–water partition coefficient (Wildman–Crippen LogP) is 4.15. The average Bonchev–Trinajstić information content (AvgIpc) is 2.84. The van der Waals surface area contributed by atoms with Crippen LogP contribution in [0.25, 0.3) is 0 Å². The maximum Gasteiger partial charge on any atom is 0.458 e. The van der Waals surface area contributed by atoms with Crippen LogP contribution in [0.15, 0.2) is 0 Å². The van der Waals surface area contributed by atoms with Crippen molar-refractivity contribution < 1.29 is 9.31 Å². The summed E-state index contributed by atoms with van der Waals surface area (Å²) in [6.45, 7) is 13.5. The Morgan fingerprint density at radius 3 is 2.00 bits per heavy atom. The minimum absolute atomic E-state index is 0.00590. The molecule has 0 spiro atoms. The van der Waals surface area contributed by atoms with Crippen molar-refractivity contribution >= 4 is 7.12 Å². The fraction of sp³-hybridized carbons (Fsp3) is 1.00. The van der Waals surface area contributed by atoms with E-state index in [2.05, 4.69) is 41.5 Å². The highest BCUT2D eigenvalue weighted by Gasteiger charge is 2.57. The van der Waals surface area contributed by atoms with Crippen molar-refractivity contribution in [3.8, 4) is 0 Å². The fourth-order valence-electron chi connectivity index (χ4n) is 4.73.